The smallest absolute Gasteiger partial charge is 0.408 e. The molecular weight excluding hydrogens is 496 g/mol. The number of carbonyl (C=O) groups excluding carboxylic acids is 2. The second kappa shape index (κ2) is 11.3. The molecular formula is C31H28N2O6. The van der Waals surface area contributed by atoms with E-state index < -0.39 is 23.7 Å². The van der Waals surface area contributed by atoms with Crippen LogP contribution in [-0.4, -0.2) is 23.1 Å². The van der Waals surface area contributed by atoms with Gasteiger partial charge in [-0.2, -0.15) is 0 Å². The molecule has 0 spiro atoms. The molecule has 2 heterocycles. The largest absolute Gasteiger partial charge is 0.445 e. The van der Waals surface area contributed by atoms with Crippen molar-refractivity contribution in [2.24, 2.45) is 0 Å². The summed E-state index contributed by atoms with van der Waals surface area (Å²) in [5, 5.41) is 4.39. The maximum atomic E-state index is 13.5. The summed E-state index contributed by atoms with van der Waals surface area (Å²) in [6, 6.07) is 20.8. The number of nitrogens with one attached hydrogen (secondary N) is 2. The van der Waals surface area contributed by atoms with Gasteiger partial charge in [0, 0.05) is 40.5 Å². The maximum Gasteiger partial charge on any atom is 0.408 e. The van der Waals surface area contributed by atoms with Crippen LogP contribution in [0.2, 0.25) is 0 Å². The zero-order valence-corrected chi connectivity index (χ0v) is 21.7. The number of carbonyl (C=O) groups is 2. The molecule has 0 fully saturated rings. The molecule has 0 aliphatic heterocycles. The van der Waals surface area contributed by atoms with E-state index in [0.29, 0.717) is 17.6 Å². The molecule has 0 radical (unpaired) electrons. The number of esters is 1. The normalized spacial score (nSPS) is 11.8. The SMILES string of the molecule is CCc1cc(=O)oc2c(C)c(OC(=O)[C@H](Cc3c[nH]c4ccccc34)NC(=O)OCc3ccccc3)ccc12. The fraction of sp³-hybridized carbons (Fsp3) is 0.194. The molecule has 8 nitrogen and oxygen atoms in total. The summed E-state index contributed by atoms with van der Waals surface area (Å²) in [5.41, 5.74) is 3.85. The summed E-state index contributed by atoms with van der Waals surface area (Å²) in [4.78, 5) is 41.5. The monoisotopic (exact) mass is 524 g/mol. The van der Waals surface area contributed by atoms with Crippen LogP contribution in [-0.2, 0) is 29.0 Å². The Balaban J connectivity index is 1.40. The van der Waals surface area contributed by atoms with Gasteiger partial charge in [0.2, 0.25) is 0 Å². The molecule has 0 saturated heterocycles. The van der Waals surface area contributed by atoms with E-state index in [0.717, 1.165) is 33.0 Å². The Morgan fingerprint density at radius 3 is 2.54 bits per heavy atom. The highest BCUT2D eigenvalue weighted by Crippen LogP contribution is 2.29. The van der Waals surface area contributed by atoms with Crippen molar-refractivity contribution in [2.75, 3.05) is 0 Å². The molecule has 0 aliphatic carbocycles. The van der Waals surface area contributed by atoms with Crippen molar-refractivity contribution in [3.8, 4) is 5.75 Å². The van der Waals surface area contributed by atoms with Crippen LogP contribution in [0.25, 0.3) is 21.9 Å². The van der Waals surface area contributed by atoms with Crippen molar-refractivity contribution in [1.29, 1.82) is 0 Å². The Bertz CT molecular complexity index is 1700. The molecule has 1 amide bonds. The minimum Gasteiger partial charge on any atom is -0.445 e. The number of para-hydroxylation sites is 1. The molecule has 2 N–H and O–H groups in total. The topological polar surface area (TPSA) is 111 Å². The Hall–Kier alpha value is -4.85. The van der Waals surface area contributed by atoms with Crippen LogP contribution in [0.15, 0.2) is 88.2 Å². The third kappa shape index (κ3) is 5.70. The van der Waals surface area contributed by atoms with E-state index in [2.05, 4.69) is 10.3 Å². The van der Waals surface area contributed by atoms with E-state index in [1.54, 1.807) is 19.1 Å². The van der Waals surface area contributed by atoms with Crippen LogP contribution >= 0.6 is 0 Å². The first kappa shape index (κ1) is 25.8. The second-order valence-electron chi connectivity index (χ2n) is 9.25. The van der Waals surface area contributed by atoms with E-state index in [4.69, 9.17) is 13.9 Å². The standard InChI is InChI=1S/C31H28N2O6/c1-3-21-16-28(34)39-29-19(2)27(14-13-24(21)29)38-30(35)26(15-22-17-32-25-12-8-7-11-23(22)25)33-31(36)37-18-20-9-5-4-6-10-20/h4-14,16-17,26,32H,3,15,18H2,1-2H3,(H,33,36)/t26-/m0/s1. The third-order valence-electron chi connectivity index (χ3n) is 6.68. The van der Waals surface area contributed by atoms with Crippen LogP contribution in [0, 0.1) is 6.92 Å². The number of rotatable bonds is 8. The van der Waals surface area contributed by atoms with Crippen LogP contribution in [0.4, 0.5) is 4.79 Å². The van der Waals surface area contributed by atoms with E-state index in [-0.39, 0.29) is 18.8 Å². The summed E-state index contributed by atoms with van der Waals surface area (Å²) < 4.78 is 16.6. The minimum atomic E-state index is -1.04. The average molecular weight is 525 g/mol. The summed E-state index contributed by atoms with van der Waals surface area (Å²) in [7, 11) is 0. The molecule has 39 heavy (non-hydrogen) atoms. The second-order valence-corrected chi connectivity index (χ2v) is 9.25. The Labute approximate surface area is 224 Å². The predicted molar refractivity (Wildman–Crippen MR) is 148 cm³/mol. The summed E-state index contributed by atoms with van der Waals surface area (Å²) in [6.07, 6.45) is 1.90. The highest BCUT2D eigenvalue weighted by Gasteiger charge is 2.26. The highest BCUT2D eigenvalue weighted by atomic mass is 16.6. The van der Waals surface area contributed by atoms with Crippen LogP contribution in [0.1, 0.15) is 29.2 Å². The van der Waals surface area contributed by atoms with E-state index >= 15 is 0 Å². The number of amides is 1. The Morgan fingerprint density at radius 1 is 0.974 bits per heavy atom. The zero-order valence-electron chi connectivity index (χ0n) is 21.7. The molecule has 198 valence electrons. The van der Waals surface area contributed by atoms with Gasteiger partial charge in [-0.3, -0.25) is 0 Å². The number of hydrogen-bond acceptors (Lipinski definition) is 6. The first-order chi connectivity index (χ1) is 18.9. The molecule has 3 aromatic carbocycles. The van der Waals surface area contributed by atoms with Gasteiger partial charge in [-0.25, -0.2) is 14.4 Å². The highest BCUT2D eigenvalue weighted by molar-refractivity contribution is 5.89. The first-order valence-corrected chi connectivity index (χ1v) is 12.7. The molecule has 1 atom stereocenters. The molecule has 2 aromatic heterocycles. The summed E-state index contributed by atoms with van der Waals surface area (Å²) in [5.74, 6) is -0.430. The van der Waals surface area contributed by atoms with Crippen molar-refractivity contribution in [1.82, 2.24) is 10.3 Å². The molecule has 0 unspecified atom stereocenters. The van der Waals surface area contributed by atoms with E-state index in [1.807, 2.05) is 67.7 Å². The van der Waals surface area contributed by atoms with Crippen LogP contribution < -0.4 is 15.7 Å². The number of alkyl carbamates (subject to hydrolysis) is 1. The maximum absolute atomic E-state index is 13.5. The quantitative estimate of drug-likeness (QED) is 0.156. The zero-order chi connectivity index (χ0) is 27.4. The van der Waals surface area contributed by atoms with Crippen molar-refractivity contribution in [2.45, 2.75) is 39.3 Å². The number of fused-ring (bicyclic) bond motifs is 2. The van der Waals surface area contributed by atoms with Gasteiger partial charge < -0.3 is 24.2 Å². The summed E-state index contributed by atoms with van der Waals surface area (Å²) in [6.45, 7) is 3.74. The molecule has 8 heteroatoms. The lowest BCUT2D eigenvalue weighted by Gasteiger charge is -2.18. The van der Waals surface area contributed by atoms with Gasteiger partial charge >= 0.3 is 17.7 Å². The summed E-state index contributed by atoms with van der Waals surface area (Å²) >= 11 is 0. The number of H-pyrrole nitrogens is 1. The minimum absolute atomic E-state index is 0.0596. The van der Waals surface area contributed by atoms with Gasteiger partial charge in [0.05, 0.1) is 0 Å². The van der Waals surface area contributed by atoms with Crippen molar-refractivity contribution in [3.63, 3.8) is 0 Å². The Kier molecular flexibility index (Phi) is 7.45. The van der Waals surface area contributed by atoms with Crippen molar-refractivity contribution >= 4 is 33.9 Å². The first-order valence-electron chi connectivity index (χ1n) is 12.7. The number of aryl methyl sites for hydroxylation is 2. The van der Waals surface area contributed by atoms with Crippen LogP contribution in [0.5, 0.6) is 5.75 Å². The molecule has 0 saturated carbocycles. The number of ether oxygens (including phenoxy) is 2. The van der Waals surface area contributed by atoms with E-state index in [9.17, 15) is 14.4 Å². The number of benzene rings is 3. The van der Waals surface area contributed by atoms with Gasteiger partial charge in [0.1, 0.15) is 24.0 Å². The molecule has 0 bridgehead atoms. The van der Waals surface area contributed by atoms with Gasteiger partial charge in [-0.05, 0) is 48.2 Å². The lowest BCUT2D eigenvalue weighted by atomic mass is 10.0. The molecule has 0 aliphatic rings. The fourth-order valence-corrected chi connectivity index (χ4v) is 4.61. The predicted octanol–water partition coefficient (Wildman–Crippen LogP) is 5.59. The van der Waals surface area contributed by atoms with Crippen LogP contribution in [0.3, 0.4) is 0 Å². The van der Waals surface area contributed by atoms with Crippen molar-refractivity contribution < 1.29 is 23.5 Å². The van der Waals surface area contributed by atoms with Gasteiger partial charge in [0.15, 0.2) is 0 Å². The lowest BCUT2D eigenvalue weighted by molar-refractivity contribution is -0.136. The number of hydrogen-bond donors (Lipinski definition) is 2. The molecule has 5 rings (SSSR count). The van der Waals surface area contributed by atoms with E-state index in [1.165, 1.54) is 6.07 Å². The number of aromatic nitrogens is 1. The Morgan fingerprint density at radius 2 is 1.74 bits per heavy atom. The third-order valence-corrected chi connectivity index (χ3v) is 6.68. The van der Waals surface area contributed by atoms with Crippen molar-refractivity contribution in [3.05, 3.63) is 112 Å². The van der Waals surface area contributed by atoms with Gasteiger partial charge in [0.25, 0.3) is 0 Å². The lowest BCUT2D eigenvalue weighted by Crippen LogP contribution is -2.44. The average Bonchev–Trinajstić information content (AvgIpc) is 3.36. The van der Waals surface area contributed by atoms with Gasteiger partial charge in [-0.1, -0.05) is 55.5 Å². The number of aromatic amines is 1. The molecule has 5 aromatic rings. The fourth-order valence-electron chi connectivity index (χ4n) is 4.61. The van der Waals surface area contributed by atoms with Gasteiger partial charge in [-0.15, -0.1) is 0 Å².